The third-order valence-electron chi connectivity index (χ3n) is 3.05. The highest BCUT2D eigenvalue weighted by Crippen LogP contribution is 2.40. The van der Waals surface area contributed by atoms with Crippen molar-refractivity contribution in [2.45, 2.75) is 24.7 Å². The van der Waals surface area contributed by atoms with Gasteiger partial charge in [-0.15, -0.1) is 0 Å². The molecule has 0 bridgehead atoms. The first-order chi connectivity index (χ1) is 9.98. The Bertz CT molecular complexity index is 606. The summed E-state index contributed by atoms with van der Waals surface area (Å²) in [5, 5.41) is 0. The van der Waals surface area contributed by atoms with Gasteiger partial charge in [0.25, 0.3) is 0 Å². The second-order valence-corrected chi connectivity index (χ2v) is 4.62. The van der Waals surface area contributed by atoms with E-state index in [-0.39, 0.29) is 6.07 Å². The molecule has 1 heterocycles. The van der Waals surface area contributed by atoms with Crippen LogP contribution in [0.4, 0.5) is 35.1 Å². The fourth-order valence-corrected chi connectivity index (χ4v) is 2.00. The van der Waals surface area contributed by atoms with Gasteiger partial charge in [-0.2, -0.15) is 30.7 Å². The molecule has 0 aliphatic carbocycles. The van der Waals surface area contributed by atoms with Crippen LogP contribution in [-0.4, -0.2) is 5.97 Å². The predicted molar refractivity (Wildman–Crippen MR) is 61.5 cm³/mol. The number of rotatable bonds is 1. The standard InChI is InChI=1S/C13H7F8N/c14-10-5-22-11(15)4-9(10)6-1-7(12(16,17)18)3-8(2-6)13(19,20)21/h1-3,5,9H,4H2. The van der Waals surface area contributed by atoms with Gasteiger partial charge in [0, 0.05) is 12.3 Å². The lowest BCUT2D eigenvalue weighted by atomic mass is 9.90. The van der Waals surface area contributed by atoms with Crippen molar-refractivity contribution in [1.82, 2.24) is 0 Å². The normalized spacial score (nSPS) is 19.7. The second kappa shape index (κ2) is 5.36. The topological polar surface area (TPSA) is 12.4 Å². The molecular weight excluding hydrogens is 322 g/mol. The molecule has 1 aromatic carbocycles. The zero-order chi connectivity index (χ0) is 16.7. The minimum absolute atomic E-state index is 0.0710. The van der Waals surface area contributed by atoms with E-state index in [9.17, 15) is 35.1 Å². The predicted octanol–water partition coefficient (Wildman–Crippen LogP) is 5.39. The Morgan fingerprint density at radius 2 is 1.36 bits per heavy atom. The van der Waals surface area contributed by atoms with Gasteiger partial charge >= 0.3 is 12.4 Å². The molecule has 0 saturated carbocycles. The maximum atomic E-state index is 13.6. The number of aliphatic imine (C=N–C) groups is 1. The van der Waals surface area contributed by atoms with Crippen LogP contribution in [0.5, 0.6) is 0 Å². The Labute approximate surface area is 119 Å². The lowest BCUT2D eigenvalue weighted by Crippen LogP contribution is -2.15. The fourth-order valence-electron chi connectivity index (χ4n) is 2.00. The van der Waals surface area contributed by atoms with Gasteiger partial charge in [-0.1, -0.05) is 0 Å². The number of allylic oxidation sites excluding steroid dienone is 1. The molecule has 0 amide bonds. The largest absolute Gasteiger partial charge is 0.416 e. The van der Waals surface area contributed by atoms with Crippen LogP contribution in [0.3, 0.4) is 0 Å². The summed E-state index contributed by atoms with van der Waals surface area (Å²) in [4.78, 5) is 3.00. The van der Waals surface area contributed by atoms with E-state index in [1.165, 1.54) is 0 Å². The van der Waals surface area contributed by atoms with Gasteiger partial charge in [0.15, 0.2) is 5.97 Å². The van der Waals surface area contributed by atoms with Gasteiger partial charge in [0.05, 0.1) is 17.3 Å². The van der Waals surface area contributed by atoms with Gasteiger partial charge in [-0.3, -0.25) is 0 Å². The maximum Gasteiger partial charge on any atom is 0.416 e. The molecule has 2 rings (SSSR count). The van der Waals surface area contributed by atoms with E-state index in [1.807, 2.05) is 0 Å². The SMILES string of the molecule is FC1=CN=C(F)CC1c1cc(C(F)(F)F)cc(C(F)(F)F)c1. The van der Waals surface area contributed by atoms with Crippen LogP contribution in [0, 0.1) is 0 Å². The van der Waals surface area contributed by atoms with Crippen LogP contribution in [0.1, 0.15) is 29.0 Å². The van der Waals surface area contributed by atoms with Gasteiger partial charge in [-0.25, -0.2) is 9.38 Å². The number of hydrogen-bond acceptors (Lipinski definition) is 1. The van der Waals surface area contributed by atoms with Crippen molar-refractivity contribution in [1.29, 1.82) is 0 Å². The molecule has 0 fully saturated rings. The third-order valence-corrected chi connectivity index (χ3v) is 3.05. The van der Waals surface area contributed by atoms with Crippen molar-refractivity contribution in [2.75, 3.05) is 0 Å². The first-order valence-corrected chi connectivity index (χ1v) is 5.85. The monoisotopic (exact) mass is 329 g/mol. The molecule has 1 unspecified atom stereocenters. The Balaban J connectivity index is 2.57. The molecule has 1 aliphatic rings. The molecule has 1 aromatic rings. The highest BCUT2D eigenvalue weighted by atomic mass is 19.4. The van der Waals surface area contributed by atoms with Gasteiger partial charge in [-0.05, 0) is 23.8 Å². The summed E-state index contributed by atoms with van der Waals surface area (Å²) >= 11 is 0. The van der Waals surface area contributed by atoms with Crippen molar-refractivity contribution in [2.24, 2.45) is 4.99 Å². The van der Waals surface area contributed by atoms with Crippen molar-refractivity contribution < 1.29 is 35.1 Å². The molecule has 0 radical (unpaired) electrons. The molecule has 0 spiro atoms. The summed E-state index contributed by atoms with van der Waals surface area (Å²) in [5.41, 5.74) is -3.76. The van der Waals surface area contributed by atoms with Crippen molar-refractivity contribution in [3.63, 3.8) is 0 Å². The average Bonchev–Trinajstić information content (AvgIpc) is 2.39. The van der Waals surface area contributed by atoms with Crippen LogP contribution in [0.25, 0.3) is 0 Å². The summed E-state index contributed by atoms with van der Waals surface area (Å²) in [6.45, 7) is 0. The molecule has 9 heteroatoms. The molecule has 22 heavy (non-hydrogen) atoms. The molecule has 0 N–H and O–H groups in total. The lowest BCUT2D eigenvalue weighted by molar-refractivity contribution is -0.143. The van der Waals surface area contributed by atoms with Gasteiger partial charge < -0.3 is 0 Å². The Morgan fingerprint density at radius 1 is 0.864 bits per heavy atom. The van der Waals surface area contributed by atoms with E-state index < -0.39 is 53.2 Å². The second-order valence-electron chi connectivity index (χ2n) is 4.62. The minimum atomic E-state index is -5.04. The van der Waals surface area contributed by atoms with Gasteiger partial charge in [0.1, 0.15) is 5.83 Å². The smallest absolute Gasteiger partial charge is 0.229 e. The number of hydrogen-bond donors (Lipinski definition) is 0. The average molecular weight is 329 g/mol. The highest BCUT2D eigenvalue weighted by Gasteiger charge is 2.38. The van der Waals surface area contributed by atoms with E-state index >= 15 is 0 Å². The first kappa shape index (κ1) is 16.4. The highest BCUT2D eigenvalue weighted by molar-refractivity contribution is 5.78. The Morgan fingerprint density at radius 3 is 1.82 bits per heavy atom. The van der Waals surface area contributed by atoms with Gasteiger partial charge in [0.2, 0.25) is 0 Å². The van der Waals surface area contributed by atoms with Crippen LogP contribution in [0.2, 0.25) is 0 Å². The quantitative estimate of drug-likeness (QED) is 0.613. The molecule has 1 nitrogen and oxygen atoms in total. The Kier molecular flexibility index (Phi) is 4.01. The molecule has 1 aliphatic heterocycles. The van der Waals surface area contributed by atoms with E-state index in [4.69, 9.17) is 0 Å². The zero-order valence-corrected chi connectivity index (χ0v) is 10.6. The van der Waals surface area contributed by atoms with Crippen LogP contribution in [-0.2, 0) is 12.4 Å². The number of halogens is 8. The third kappa shape index (κ3) is 3.45. The number of nitrogens with zero attached hydrogens (tertiary/aromatic N) is 1. The number of benzene rings is 1. The van der Waals surface area contributed by atoms with E-state index in [0.29, 0.717) is 18.3 Å². The maximum absolute atomic E-state index is 13.6. The Hall–Kier alpha value is -1.93. The molecule has 1 atom stereocenters. The fraction of sp³-hybridized carbons (Fsp3) is 0.308. The summed E-state index contributed by atoms with van der Waals surface area (Å²) in [5.74, 6) is -3.74. The van der Waals surface area contributed by atoms with E-state index in [2.05, 4.69) is 4.99 Å². The van der Waals surface area contributed by atoms with E-state index in [0.717, 1.165) is 0 Å². The van der Waals surface area contributed by atoms with Crippen molar-refractivity contribution in [3.8, 4) is 0 Å². The summed E-state index contributed by atoms with van der Waals surface area (Å²) < 4.78 is 103. The molecule has 0 aromatic heterocycles. The van der Waals surface area contributed by atoms with Crippen molar-refractivity contribution in [3.05, 3.63) is 46.9 Å². The van der Waals surface area contributed by atoms with Crippen LogP contribution >= 0.6 is 0 Å². The first-order valence-electron chi connectivity index (χ1n) is 5.85. The minimum Gasteiger partial charge on any atom is -0.229 e. The summed E-state index contributed by atoms with van der Waals surface area (Å²) in [6.07, 6.45) is -10.4. The van der Waals surface area contributed by atoms with Crippen molar-refractivity contribution >= 4 is 5.97 Å². The van der Waals surface area contributed by atoms with E-state index in [1.54, 1.807) is 0 Å². The lowest BCUT2D eigenvalue weighted by Gasteiger charge is -2.20. The van der Waals surface area contributed by atoms with Crippen LogP contribution in [0.15, 0.2) is 35.2 Å². The number of alkyl halides is 6. The molecular formula is C13H7F8N. The zero-order valence-electron chi connectivity index (χ0n) is 10.6. The molecule has 0 saturated heterocycles. The van der Waals surface area contributed by atoms with Crippen LogP contribution < -0.4 is 0 Å². The summed E-state index contributed by atoms with van der Waals surface area (Å²) in [6, 6.07) is 0.691. The summed E-state index contributed by atoms with van der Waals surface area (Å²) in [7, 11) is 0. The molecule has 120 valence electrons.